The van der Waals surface area contributed by atoms with E-state index in [0.717, 1.165) is 21.3 Å². The van der Waals surface area contributed by atoms with Gasteiger partial charge in [0.25, 0.3) is 0 Å². The Labute approximate surface area is 117 Å². The van der Waals surface area contributed by atoms with Gasteiger partial charge < -0.3 is 4.98 Å². The van der Waals surface area contributed by atoms with Crippen LogP contribution in [0.2, 0.25) is 0 Å². The van der Waals surface area contributed by atoms with Gasteiger partial charge in [-0.25, -0.2) is 9.97 Å². The molecule has 0 aliphatic carbocycles. The van der Waals surface area contributed by atoms with Gasteiger partial charge in [-0.3, -0.25) is 0 Å². The first-order valence-electron chi connectivity index (χ1n) is 5.31. The van der Waals surface area contributed by atoms with Crippen LogP contribution in [0.25, 0.3) is 20.5 Å². The van der Waals surface area contributed by atoms with Gasteiger partial charge in [-0.2, -0.15) is 0 Å². The Balaban J connectivity index is 2.11. The van der Waals surface area contributed by atoms with Crippen molar-refractivity contribution in [2.24, 2.45) is 0 Å². The van der Waals surface area contributed by atoms with E-state index in [1.165, 1.54) is 4.88 Å². The van der Waals surface area contributed by atoms with E-state index in [9.17, 15) is 0 Å². The largest absolute Gasteiger partial charge is 0.330 e. The summed E-state index contributed by atoms with van der Waals surface area (Å²) >= 11 is 8.42. The van der Waals surface area contributed by atoms with Gasteiger partial charge in [-0.1, -0.05) is 6.07 Å². The van der Waals surface area contributed by atoms with Crippen molar-refractivity contribution in [3.8, 4) is 20.5 Å². The van der Waals surface area contributed by atoms with Crippen molar-refractivity contribution in [2.45, 2.75) is 6.92 Å². The Morgan fingerprint density at radius 1 is 1.33 bits per heavy atom. The summed E-state index contributed by atoms with van der Waals surface area (Å²) in [5.41, 5.74) is 1.99. The molecule has 0 aliphatic rings. The van der Waals surface area contributed by atoms with E-state index >= 15 is 0 Å². The maximum Gasteiger partial charge on any atom is 0.197 e. The molecule has 3 aromatic rings. The van der Waals surface area contributed by atoms with Crippen LogP contribution in [0.4, 0.5) is 0 Å². The quantitative estimate of drug-likeness (QED) is 0.716. The number of nitrogens with zero attached hydrogens (tertiary/aromatic N) is 2. The standard InChI is InChI=1S/C12H9N3S3/c1-7-10(8-4-5-13-12(16)15-8)18-11(14-7)9-3-2-6-17-9/h2-6H,1H3,(H,13,15,16). The molecule has 3 nitrogen and oxygen atoms in total. The van der Waals surface area contributed by atoms with Crippen LogP contribution in [0.15, 0.2) is 29.8 Å². The predicted molar refractivity (Wildman–Crippen MR) is 78.6 cm³/mol. The number of thiophene rings is 1. The number of thiazole rings is 1. The molecule has 1 N–H and O–H groups in total. The first-order chi connectivity index (χ1) is 8.74. The van der Waals surface area contributed by atoms with Gasteiger partial charge in [0, 0.05) is 6.20 Å². The van der Waals surface area contributed by atoms with E-state index in [0.29, 0.717) is 4.77 Å². The Kier molecular flexibility index (Phi) is 3.07. The molecule has 0 aliphatic heterocycles. The number of hydrogen-bond donors (Lipinski definition) is 1. The summed E-state index contributed by atoms with van der Waals surface area (Å²) in [5.74, 6) is 0. The van der Waals surface area contributed by atoms with Gasteiger partial charge in [-0.05, 0) is 36.7 Å². The summed E-state index contributed by atoms with van der Waals surface area (Å²) in [6, 6.07) is 6.05. The van der Waals surface area contributed by atoms with Crippen LogP contribution in [0.1, 0.15) is 5.69 Å². The summed E-state index contributed by atoms with van der Waals surface area (Å²) in [6.45, 7) is 2.01. The second-order valence-electron chi connectivity index (χ2n) is 3.70. The van der Waals surface area contributed by atoms with E-state index in [-0.39, 0.29) is 0 Å². The molecule has 3 heterocycles. The van der Waals surface area contributed by atoms with Gasteiger partial charge in [0.1, 0.15) is 5.01 Å². The van der Waals surface area contributed by atoms with E-state index < -0.39 is 0 Å². The van der Waals surface area contributed by atoms with Crippen LogP contribution < -0.4 is 0 Å². The maximum atomic E-state index is 5.05. The lowest BCUT2D eigenvalue weighted by molar-refractivity contribution is 1.14. The van der Waals surface area contributed by atoms with E-state index in [4.69, 9.17) is 12.2 Å². The van der Waals surface area contributed by atoms with Crippen molar-refractivity contribution in [3.63, 3.8) is 0 Å². The molecule has 0 saturated heterocycles. The lowest BCUT2D eigenvalue weighted by Crippen LogP contribution is -1.85. The third kappa shape index (κ3) is 2.14. The second-order valence-corrected chi connectivity index (χ2v) is 6.03. The highest BCUT2D eigenvalue weighted by Crippen LogP contribution is 2.35. The minimum atomic E-state index is 0.498. The average molecular weight is 291 g/mol. The lowest BCUT2D eigenvalue weighted by Gasteiger charge is -1.97. The van der Waals surface area contributed by atoms with Crippen molar-refractivity contribution in [1.29, 1.82) is 0 Å². The molecule has 0 atom stereocenters. The molecule has 0 saturated carbocycles. The average Bonchev–Trinajstić information content (AvgIpc) is 2.97. The number of nitrogens with one attached hydrogen (secondary N) is 1. The third-order valence-electron chi connectivity index (χ3n) is 2.45. The summed E-state index contributed by atoms with van der Waals surface area (Å²) in [7, 11) is 0. The number of rotatable bonds is 2. The van der Waals surface area contributed by atoms with Crippen molar-refractivity contribution in [3.05, 3.63) is 40.2 Å². The zero-order chi connectivity index (χ0) is 12.5. The molecule has 0 aromatic carbocycles. The highest BCUT2D eigenvalue weighted by Gasteiger charge is 2.12. The number of aromatic amines is 1. The van der Waals surface area contributed by atoms with Crippen LogP contribution in [0.5, 0.6) is 0 Å². The molecular weight excluding hydrogens is 282 g/mol. The normalized spacial score (nSPS) is 10.7. The topological polar surface area (TPSA) is 41.6 Å². The number of H-pyrrole nitrogens is 1. The molecule has 0 fully saturated rings. The smallest absolute Gasteiger partial charge is 0.197 e. The molecule has 90 valence electrons. The molecular formula is C12H9N3S3. The minimum absolute atomic E-state index is 0.498. The van der Waals surface area contributed by atoms with Crippen molar-refractivity contribution >= 4 is 34.9 Å². The number of aryl methyl sites for hydroxylation is 1. The predicted octanol–water partition coefficient (Wildman–Crippen LogP) is 4.30. The number of aromatic nitrogens is 3. The minimum Gasteiger partial charge on any atom is -0.330 e. The molecule has 6 heteroatoms. The van der Waals surface area contributed by atoms with Crippen LogP contribution in [0.3, 0.4) is 0 Å². The van der Waals surface area contributed by atoms with Crippen molar-refractivity contribution in [2.75, 3.05) is 0 Å². The van der Waals surface area contributed by atoms with Crippen LogP contribution in [-0.4, -0.2) is 15.0 Å². The van der Waals surface area contributed by atoms with Gasteiger partial charge in [0.15, 0.2) is 4.77 Å². The monoisotopic (exact) mass is 291 g/mol. The molecule has 0 amide bonds. The summed E-state index contributed by atoms with van der Waals surface area (Å²) < 4.78 is 0.498. The summed E-state index contributed by atoms with van der Waals surface area (Å²) in [6.07, 6.45) is 1.72. The molecule has 3 rings (SSSR count). The molecule has 18 heavy (non-hydrogen) atoms. The third-order valence-corrected chi connectivity index (χ3v) is 4.89. The van der Waals surface area contributed by atoms with Crippen LogP contribution >= 0.6 is 34.9 Å². The van der Waals surface area contributed by atoms with Crippen molar-refractivity contribution in [1.82, 2.24) is 15.0 Å². The zero-order valence-corrected chi connectivity index (χ0v) is 12.0. The first-order valence-corrected chi connectivity index (χ1v) is 7.41. The molecule has 0 radical (unpaired) electrons. The molecule has 0 bridgehead atoms. The highest BCUT2D eigenvalue weighted by molar-refractivity contribution is 7.71. The van der Waals surface area contributed by atoms with Gasteiger partial charge in [-0.15, -0.1) is 22.7 Å². The fraction of sp³-hybridized carbons (Fsp3) is 0.0833. The Hall–Kier alpha value is -1.37. The SMILES string of the molecule is Cc1nc(-c2cccs2)sc1-c1ccnc(=S)[nH]1. The van der Waals surface area contributed by atoms with E-state index in [2.05, 4.69) is 26.4 Å². The van der Waals surface area contributed by atoms with Gasteiger partial charge in [0.2, 0.25) is 0 Å². The number of hydrogen-bond acceptors (Lipinski definition) is 5. The van der Waals surface area contributed by atoms with Gasteiger partial charge in [0.05, 0.1) is 21.1 Å². The Morgan fingerprint density at radius 2 is 2.22 bits per heavy atom. The Morgan fingerprint density at radius 3 is 2.94 bits per heavy atom. The van der Waals surface area contributed by atoms with Crippen molar-refractivity contribution < 1.29 is 0 Å². The first kappa shape index (κ1) is 11.7. The van der Waals surface area contributed by atoms with Crippen LogP contribution in [-0.2, 0) is 0 Å². The highest BCUT2D eigenvalue weighted by atomic mass is 32.1. The van der Waals surface area contributed by atoms with Crippen LogP contribution in [0, 0.1) is 11.7 Å². The molecule has 0 unspecified atom stereocenters. The lowest BCUT2D eigenvalue weighted by atomic mass is 10.3. The maximum absolute atomic E-state index is 5.05. The van der Waals surface area contributed by atoms with Gasteiger partial charge >= 0.3 is 0 Å². The second kappa shape index (κ2) is 4.72. The summed E-state index contributed by atoms with van der Waals surface area (Å²) in [5, 5.41) is 3.11. The molecule has 3 aromatic heterocycles. The fourth-order valence-corrected chi connectivity index (χ4v) is 3.67. The Bertz CT molecular complexity index is 725. The van der Waals surface area contributed by atoms with E-state index in [1.54, 1.807) is 28.9 Å². The fourth-order valence-electron chi connectivity index (χ4n) is 1.65. The molecule has 0 spiro atoms. The van der Waals surface area contributed by atoms with E-state index in [1.807, 2.05) is 19.1 Å². The zero-order valence-electron chi connectivity index (χ0n) is 9.51. The summed E-state index contributed by atoms with van der Waals surface area (Å²) in [4.78, 5) is 14.0.